The molecule has 24 heavy (non-hydrogen) atoms. The third-order valence-electron chi connectivity index (χ3n) is 3.47. The number of likely N-dealkylation sites (tertiary alicyclic amines) is 1. The van der Waals surface area contributed by atoms with Crippen LogP contribution in [-0.4, -0.2) is 48.4 Å². The van der Waals surface area contributed by atoms with Crippen LogP contribution >= 0.6 is 0 Å². The van der Waals surface area contributed by atoms with Crippen molar-refractivity contribution in [2.24, 2.45) is 0 Å². The maximum Gasteiger partial charge on any atom is 0.410 e. The average molecular weight is 335 g/mol. The first-order valence-corrected chi connectivity index (χ1v) is 8.12. The molecule has 1 saturated heterocycles. The van der Waals surface area contributed by atoms with Gasteiger partial charge in [-0.1, -0.05) is 30.3 Å². The molecule has 0 aliphatic carbocycles. The van der Waals surface area contributed by atoms with Crippen molar-refractivity contribution in [2.45, 2.75) is 45.5 Å². The molecule has 2 rings (SSSR count). The smallest absolute Gasteiger partial charge is 0.410 e. The Morgan fingerprint density at radius 1 is 1.21 bits per heavy atom. The van der Waals surface area contributed by atoms with Gasteiger partial charge in [0, 0.05) is 6.54 Å². The number of carbonyl (C=O) groups excluding carboxylic acids is 2. The highest BCUT2D eigenvalue weighted by Gasteiger charge is 2.29. The maximum atomic E-state index is 12.0. The summed E-state index contributed by atoms with van der Waals surface area (Å²) >= 11 is 0. The van der Waals surface area contributed by atoms with E-state index in [1.165, 1.54) is 0 Å². The molecule has 6 nitrogen and oxygen atoms in total. The average Bonchev–Trinajstić information content (AvgIpc) is 2.99. The normalized spacial score (nSPS) is 17.6. The predicted octanol–water partition coefficient (Wildman–Crippen LogP) is 2.76. The van der Waals surface area contributed by atoms with Gasteiger partial charge in [-0.15, -0.1) is 0 Å². The van der Waals surface area contributed by atoms with Gasteiger partial charge in [0.15, 0.2) is 0 Å². The fraction of sp³-hybridized carbons (Fsp3) is 0.556. The Bertz CT molecular complexity index is 552. The second-order valence-corrected chi connectivity index (χ2v) is 6.79. The summed E-state index contributed by atoms with van der Waals surface area (Å²) < 4.78 is 16.0. The number of carbonyl (C=O) groups is 2. The zero-order valence-electron chi connectivity index (χ0n) is 14.5. The second-order valence-electron chi connectivity index (χ2n) is 6.79. The molecule has 1 fully saturated rings. The first kappa shape index (κ1) is 18.3. The molecule has 132 valence electrons. The second kappa shape index (κ2) is 8.15. The van der Waals surface area contributed by atoms with Gasteiger partial charge in [0.1, 0.15) is 18.8 Å². The molecule has 0 radical (unpaired) electrons. The van der Waals surface area contributed by atoms with E-state index in [1.54, 1.807) is 4.90 Å². The van der Waals surface area contributed by atoms with Crippen molar-refractivity contribution in [3.05, 3.63) is 35.9 Å². The number of esters is 1. The van der Waals surface area contributed by atoms with Crippen molar-refractivity contribution < 1.29 is 23.8 Å². The summed E-state index contributed by atoms with van der Waals surface area (Å²) in [6.07, 6.45) is 0.160. The van der Waals surface area contributed by atoms with E-state index in [0.717, 1.165) is 5.56 Å². The minimum absolute atomic E-state index is 0.102. The zero-order valence-corrected chi connectivity index (χ0v) is 14.5. The molecule has 1 heterocycles. The Kier molecular flexibility index (Phi) is 6.20. The van der Waals surface area contributed by atoms with E-state index in [2.05, 4.69) is 0 Å². The number of benzene rings is 1. The fourth-order valence-electron chi connectivity index (χ4n) is 2.40. The van der Waals surface area contributed by atoms with Gasteiger partial charge in [-0.2, -0.15) is 0 Å². The van der Waals surface area contributed by atoms with E-state index in [1.807, 2.05) is 51.1 Å². The quantitative estimate of drug-likeness (QED) is 0.774. The number of rotatable bonds is 5. The number of ether oxygens (including phenoxy) is 3. The van der Waals surface area contributed by atoms with Gasteiger partial charge in [-0.3, -0.25) is 0 Å². The summed E-state index contributed by atoms with van der Waals surface area (Å²) in [5, 5.41) is 0. The van der Waals surface area contributed by atoms with Gasteiger partial charge in [0.2, 0.25) is 0 Å². The Morgan fingerprint density at radius 3 is 2.58 bits per heavy atom. The van der Waals surface area contributed by atoms with Gasteiger partial charge in [-0.25, -0.2) is 9.59 Å². The molecular weight excluding hydrogens is 310 g/mol. The van der Waals surface area contributed by atoms with Crippen molar-refractivity contribution in [1.29, 1.82) is 0 Å². The largest absolute Gasteiger partial charge is 0.458 e. The van der Waals surface area contributed by atoms with Crippen LogP contribution in [-0.2, 0) is 25.6 Å². The molecule has 1 unspecified atom stereocenters. The highest BCUT2D eigenvalue weighted by Crippen LogP contribution is 2.15. The van der Waals surface area contributed by atoms with Crippen molar-refractivity contribution in [2.75, 3.05) is 19.7 Å². The van der Waals surface area contributed by atoms with Gasteiger partial charge in [-0.05, 0) is 32.8 Å². The van der Waals surface area contributed by atoms with E-state index in [9.17, 15) is 9.59 Å². The topological polar surface area (TPSA) is 65.1 Å². The van der Waals surface area contributed by atoms with Crippen molar-refractivity contribution in [3.8, 4) is 0 Å². The third-order valence-corrected chi connectivity index (χ3v) is 3.47. The summed E-state index contributed by atoms with van der Waals surface area (Å²) in [6, 6.07) is 9.53. The minimum atomic E-state index is -0.524. The van der Waals surface area contributed by atoms with Crippen LogP contribution in [0.4, 0.5) is 4.79 Å². The summed E-state index contributed by atoms with van der Waals surface area (Å²) in [6.45, 7) is 6.57. The molecule has 1 amide bonds. The van der Waals surface area contributed by atoms with Gasteiger partial charge < -0.3 is 19.1 Å². The van der Waals surface area contributed by atoms with Crippen LogP contribution in [0.5, 0.6) is 0 Å². The number of hydrogen-bond donors (Lipinski definition) is 0. The highest BCUT2D eigenvalue weighted by molar-refractivity contribution is 5.71. The summed E-state index contributed by atoms with van der Waals surface area (Å²) in [4.78, 5) is 25.3. The van der Waals surface area contributed by atoms with Crippen LogP contribution in [0.1, 0.15) is 32.8 Å². The number of hydrogen-bond acceptors (Lipinski definition) is 5. The molecule has 0 aromatic heterocycles. The number of nitrogens with zero attached hydrogens (tertiary/aromatic N) is 1. The van der Waals surface area contributed by atoms with Crippen LogP contribution in [0.2, 0.25) is 0 Å². The van der Waals surface area contributed by atoms with E-state index in [-0.39, 0.29) is 25.4 Å². The van der Waals surface area contributed by atoms with Crippen LogP contribution in [0, 0.1) is 0 Å². The van der Waals surface area contributed by atoms with Crippen LogP contribution < -0.4 is 0 Å². The lowest BCUT2D eigenvalue weighted by Gasteiger charge is -2.20. The molecule has 0 N–H and O–H groups in total. The number of amides is 1. The lowest BCUT2D eigenvalue weighted by atomic mass is 10.2. The molecule has 6 heteroatoms. The molecule has 1 aromatic carbocycles. The highest BCUT2D eigenvalue weighted by atomic mass is 16.6. The molecule has 0 spiro atoms. The fourth-order valence-corrected chi connectivity index (χ4v) is 2.40. The first-order chi connectivity index (χ1) is 11.3. The lowest BCUT2D eigenvalue weighted by Crippen LogP contribution is -2.32. The summed E-state index contributed by atoms with van der Waals surface area (Å²) in [7, 11) is 0. The van der Waals surface area contributed by atoms with Crippen LogP contribution in [0.15, 0.2) is 30.3 Å². The van der Waals surface area contributed by atoms with E-state index >= 15 is 0 Å². The maximum absolute atomic E-state index is 12.0. The Balaban J connectivity index is 1.68. The van der Waals surface area contributed by atoms with E-state index in [4.69, 9.17) is 14.2 Å². The van der Waals surface area contributed by atoms with E-state index in [0.29, 0.717) is 19.5 Å². The Labute approximate surface area is 142 Å². The molecule has 1 aromatic rings. The predicted molar refractivity (Wildman–Crippen MR) is 88.4 cm³/mol. The summed E-state index contributed by atoms with van der Waals surface area (Å²) in [5.74, 6) is -0.396. The van der Waals surface area contributed by atoms with Crippen molar-refractivity contribution in [3.63, 3.8) is 0 Å². The Morgan fingerprint density at radius 2 is 1.92 bits per heavy atom. The van der Waals surface area contributed by atoms with Gasteiger partial charge in [0.25, 0.3) is 0 Å². The van der Waals surface area contributed by atoms with Gasteiger partial charge in [0.05, 0.1) is 12.6 Å². The molecule has 1 aliphatic rings. The van der Waals surface area contributed by atoms with Gasteiger partial charge >= 0.3 is 12.1 Å². The lowest BCUT2D eigenvalue weighted by molar-refractivity contribution is -0.162. The standard InChI is InChI=1S/C18H25NO5/c1-18(2,3)24-16(20)13-22-15-9-10-19(11-15)17(21)23-12-14-7-5-4-6-8-14/h4-8,15H,9-13H2,1-3H3. The van der Waals surface area contributed by atoms with E-state index < -0.39 is 11.6 Å². The molecule has 0 bridgehead atoms. The summed E-state index contributed by atoms with van der Waals surface area (Å²) in [5.41, 5.74) is 0.423. The zero-order chi connectivity index (χ0) is 17.6. The van der Waals surface area contributed by atoms with Crippen molar-refractivity contribution in [1.82, 2.24) is 4.90 Å². The van der Waals surface area contributed by atoms with Crippen molar-refractivity contribution >= 4 is 12.1 Å². The molecule has 1 aliphatic heterocycles. The third kappa shape index (κ3) is 6.20. The van der Waals surface area contributed by atoms with Crippen LogP contribution in [0.25, 0.3) is 0 Å². The first-order valence-electron chi connectivity index (χ1n) is 8.12. The molecule has 0 saturated carbocycles. The SMILES string of the molecule is CC(C)(C)OC(=O)COC1CCN(C(=O)OCc2ccccc2)C1. The Hall–Kier alpha value is -2.08. The molecule has 1 atom stereocenters. The molecular formula is C18H25NO5. The van der Waals surface area contributed by atoms with Crippen LogP contribution in [0.3, 0.4) is 0 Å². The monoisotopic (exact) mass is 335 g/mol. The minimum Gasteiger partial charge on any atom is -0.458 e.